The molecule has 1 saturated carbocycles. The number of alkyl halides is 1. The molecule has 1 atom stereocenters. The van der Waals surface area contributed by atoms with Crippen molar-refractivity contribution in [3.05, 3.63) is 40.5 Å². The molecule has 1 aromatic carbocycles. The summed E-state index contributed by atoms with van der Waals surface area (Å²) in [5.41, 5.74) is 0.454. The highest BCUT2D eigenvalue weighted by Crippen LogP contribution is 2.40. The molecule has 3 N–H and O–H groups in total. The van der Waals surface area contributed by atoms with Crippen LogP contribution in [0.1, 0.15) is 24.8 Å². The van der Waals surface area contributed by atoms with E-state index in [0.717, 1.165) is 10.0 Å². The first-order valence-corrected chi connectivity index (χ1v) is 10.9. The number of nitrogens with one attached hydrogen (secondary N) is 2. The fourth-order valence-electron chi connectivity index (χ4n) is 3.49. The second kappa shape index (κ2) is 7.72. The second-order valence-corrected chi connectivity index (χ2v) is 8.79. The fraction of sp³-hybridized carbons (Fsp3) is 0.400. The zero-order valence-electron chi connectivity index (χ0n) is 16.6. The topological polar surface area (TPSA) is 108 Å². The zero-order chi connectivity index (χ0) is 21.6. The van der Waals surface area contributed by atoms with Crippen LogP contribution in [0, 0.1) is 0 Å². The Hall–Kier alpha value is -2.79. The zero-order valence-corrected chi connectivity index (χ0v) is 18.1. The molecule has 1 aliphatic heterocycles. The lowest BCUT2D eigenvalue weighted by Crippen LogP contribution is -2.25. The first-order valence-electron chi connectivity index (χ1n) is 10.1. The third kappa shape index (κ3) is 4.07. The van der Waals surface area contributed by atoms with Crippen molar-refractivity contribution in [3.8, 4) is 0 Å². The Balaban J connectivity index is 1.31. The highest BCUT2D eigenvalue weighted by Gasteiger charge is 2.50. The van der Waals surface area contributed by atoms with Gasteiger partial charge in [-0.2, -0.15) is 19.6 Å². The quantitative estimate of drug-likeness (QED) is 0.488. The Morgan fingerprint density at radius 3 is 2.74 bits per heavy atom. The van der Waals surface area contributed by atoms with E-state index in [0.29, 0.717) is 49.3 Å². The lowest BCUT2D eigenvalue weighted by molar-refractivity contribution is -0.122. The molecule has 0 radical (unpaired) electrons. The van der Waals surface area contributed by atoms with Gasteiger partial charge in [-0.05, 0) is 52.9 Å². The fourth-order valence-corrected chi connectivity index (χ4v) is 3.83. The predicted octanol–water partition coefficient (Wildman–Crippen LogP) is 2.51. The number of β-amino-alcohol motifs (C(OH)–C–C–N with tert-alkyl or cyclic N) is 1. The molecule has 0 spiro atoms. The minimum atomic E-state index is -1.69. The molecule has 1 amide bonds. The summed E-state index contributed by atoms with van der Waals surface area (Å²) in [6.45, 7) is 1.65. The summed E-state index contributed by atoms with van der Waals surface area (Å²) in [4.78, 5) is 23.0. The standard InChI is InChI=1S/C20H21BrFN7O2/c21-15-10-24-29-16(15)26-19(28-8-5-14(30)11-28)27-18(29)23-9-12-1-3-13(4-2-12)25-17(31)20(22)6-7-20/h1-4,10,14,30H,5-9,11H2,(H,25,31)(H,23,26,27)/t14-/m1/s1. The number of carbonyl (C=O) groups is 1. The molecule has 2 fully saturated rings. The van der Waals surface area contributed by atoms with Crippen LogP contribution in [0.2, 0.25) is 0 Å². The van der Waals surface area contributed by atoms with Crippen LogP contribution in [0.15, 0.2) is 34.9 Å². The van der Waals surface area contributed by atoms with Crippen LogP contribution in [0.4, 0.5) is 22.0 Å². The molecule has 11 heteroatoms. The molecular weight excluding hydrogens is 469 g/mol. The Morgan fingerprint density at radius 2 is 2.06 bits per heavy atom. The second-order valence-electron chi connectivity index (χ2n) is 7.93. The van der Waals surface area contributed by atoms with E-state index in [4.69, 9.17) is 0 Å². The van der Waals surface area contributed by atoms with E-state index in [1.807, 2.05) is 17.0 Å². The van der Waals surface area contributed by atoms with Gasteiger partial charge in [0.2, 0.25) is 11.9 Å². The van der Waals surface area contributed by atoms with Gasteiger partial charge in [0.1, 0.15) is 0 Å². The largest absolute Gasteiger partial charge is 0.391 e. The minimum Gasteiger partial charge on any atom is -0.391 e. The number of benzene rings is 1. The van der Waals surface area contributed by atoms with Gasteiger partial charge in [-0.15, -0.1) is 0 Å². The number of aliphatic hydroxyl groups is 1. The monoisotopic (exact) mass is 489 g/mol. The molecule has 3 heterocycles. The SMILES string of the molecule is O=C(Nc1ccc(CNc2nc(N3CC[C@@H](O)C3)nc3c(Br)cnn23)cc1)C1(F)CC1. The van der Waals surface area contributed by atoms with E-state index >= 15 is 0 Å². The van der Waals surface area contributed by atoms with Crippen molar-refractivity contribution in [1.29, 1.82) is 0 Å². The molecule has 2 aromatic heterocycles. The Labute approximate surface area is 185 Å². The summed E-state index contributed by atoms with van der Waals surface area (Å²) in [5, 5.41) is 20.1. The maximum absolute atomic E-state index is 13.8. The molecule has 162 valence electrons. The van der Waals surface area contributed by atoms with Crippen molar-refractivity contribution in [2.24, 2.45) is 0 Å². The average molecular weight is 490 g/mol. The van der Waals surface area contributed by atoms with Crippen LogP contribution in [0.5, 0.6) is 0 Å². The molecule has 1 saturated heterocycles. The van der Waals surface area contributed by atoms with E-state index < -0.39 is 11.6 Å². The van der Waals surface area contributed by atoms with Crippen molar-refractivity contribution < 1.29 is 14.3 Å². The van der Waals surface area contributed by atoms with E-state index in [1.54, 1.807) is 22.8 Å². The Kier molecular flexibility index (Phi) is 5.01. The van der Waals surface area contributed by atoms with Crippen molar-refractivity contribution in [2.45, 2.75) is 37.6 Å². The van der Waals surface area contributed by atoms with E-state index in [1.165, 1.54) is 0 Å². The predicted molar refractivity (Wildman–Crippen MR) is 117 cm³/mol. The van der Waals surface area contributed by atoms with Crippen LogP contribution in [0.3, 0.4) is 0 Å². The molecule has 31 heavy (non-hydrogen) atoms. The Bertz CT molecular complexity index is 1130. The van der Waals surface area contributed by atoms with Gasteiger partial charge in [-0.3, -0.25) is 4.79 Å². The van der Waals surface area contributed by atoms with E-state index in [2.05, 4.69) is 41.6 Å². The van der Waals surface area contributed by atoms with Crippen molar-refractivity contribution in [1.82, 2.24) is 19.6 Å². The number of amides is 1. The number of rotatable bonds is 6. The summed E-state index contributed by atoms with van der Waals surface area (Å²) in [6, 6.07) is 7.21. The third-order valence-electron chi connectivity index (χ3n) is 5.52. The maximum atomic E-state index is 13.8. The van der Waals surface area contributed by atoms with Gasteiger partial charge in [0, 0.05) is 25.3 Å². The van der Waals surface area contributed by atoms with Crippen LogP contribution in [-0.2, 0) is 11.3 Å². The van der Waals surface area contributed by atoms with Gasteiger partial charge < -0.3 is 20.6 Å². The summed E-state index contributed by atoms with van der Waals surface area (Å²) < 4.78 is 16.2. The number of halogens is 2. The number of aliphatic hydroxyl groups excluding tert-OH is 1. The van der Waals surface area contributed by atoms with Crippen molar-refractivity contribution >= 4 is 45.1 Å². The van der Waals surface area contributed by atoms with Crippen LogP contribution in [-0.4, -0.2) is 55.5 Å². The highest BCUT2D eigenvalue weighted by molar-refractivity contribution is 9.10. The molecular formula is C20H21BrFN7O2. The van der Waals surface area contributed by atoms with Crippen LogP contribution >= 0.6 is 15.9 Å². The van der Waals surface area contributed by atoms with E-state index in [9.17, 15) is 14.3 Å². The highest BCUT2D eigenvalue weighted by atomic mass is 79.9. The molecule has 5 rings (SSSR count). The number of hydrogen-bond acceptors (Lipinski definition) is 7. The lowest BCUT2D eigenvalue weighted by Gasteiger charge is -2.17. The number of nitrogens with zero attached hydrogens (tertiary/aromatic N) is 5. The molecule has 9 nitrogen and oxygen atoms in total. The van der Waals surface area contributed by atoms with Gasteiger partial charge >= 0.3 is 0 Å². The number of fused-ring (bicyclic) bond motifs is 1. The van der Waals surface area contributed by atoms with Crippen molar-refractivity contribution in [2.75, 3.05) is 28.6 Å². The average Bonchev–Trinajstić information content (AvgIpc) is 3.19. The minimum absolute atomic E-state index is 0.288. The maximum Gasteiger partial charge on any atom is 0.262 e. The molecule has 0 bridgehead atoms. The van der Waals surface area contributed by atoms with Gasteiger partial charge in [0.25, 0.3) is 5.91 Å². The lowest BCUT2D eigenvalue weighted by atomic mass is 10.2. The summed E-state index contributed by atoms with van der Waals surface area (Å²) in [6.07, 6.45) is 2.54. The smallest absolute Gasteiger partial charge is 0.262 e. The van der Waals surface area contributed by atoms with Gasteiger partial charge in [0.15, 0.2) is 11.3 Å². The number of aromatic nitrogens is 4. The molecule has 0 unspecified atom stereocenters. The number of anilines is 3. The summed E-state index contributed by atoms with van der Waals surface area (Å²) >= 11 is 3.47. The van der Waals surface area contributed by atoms with Crippen LogP contribution in [0.25, 0.3) is 5.65 Å². The summed E-state index contributed by atoms with van der Waals surface area (Å²) in [7, 11) is 0. The molecule has 3 aromatic rings. The number of carbonyl (C=O) groups excluding carboxylic acids is 1. The normalized spacial score (nSPS) is 19.6. The number of hydrogen-bond donors (Lipinski definition) is 3. The first-order chi connectivity index (χ1) is 14.9. The Morgan fingerprint density at radius 1 is 1.29 bits per heavy atom. The van der Waals surface area contributed by atoms with Crippen molar-refractivity contribution in [3.63, 3.8) is 0 Å². The summed E-state index contributed by atoms with van der Waals surface area (Å²) in [5.74, 6) is 0.481. The van der Waals surface area contributed by atoms with Crippen LogP contribution < -0.4 is 15.5 Å². The first kappa shape index (κ1) is 20.1. The molecule has 2 aliphatic rings. The van der Waals surface area contributed by atoms with Gasteiger partial charge in [-0.1, -0.05) is 12.1 Å². The molecule has 1 aliphatic carbocycles. The third-order valence-corrected chi connectivity index (χ3v) is 6.08. The van der Waals surface area contributed by atoms with E-state index in [-0.39, 0.29) is 18.9 Å². The van der Waals surface area contributed by atoms with Gasteiger partial charge in [-0.25, -0.2) is 4.39 Å². The van der Waals surface area contributed by atoms with Gasteiger partial charge in [0.05, 0.1) is 16.8 Å².